The van der Waals surface area contributed by atoms with Gasteiger partial charge in [-0.25, -0.2) is 4.39 Å². The van der Waals surface area contributed by atoms with Gasteiger partial charge in [0.1, 0.15) is 24.3 Å². The average molecular weight is 464 g/mol. The highest BCUT2D eigenvalue weighted by Gasteiger charge is 2.40. The molecule has 178 valence electrons. The molecular weight excluding hydrogens is 433 g/mol. The second-order valence-electron chi connectivity index (χ2n) is 8.09. The number of hydrogen-bond donors (Lipinski definition) is 2. The minimum absolute atomic E-state index is 0.0148. The minimum atomic E-state index is -0.379. The number of carbonyl (C=O) groups excluding carboxylic acids is 1. The van der Waals surface area contributed by atoms with E-state index in [1.54, 1.807) is 30.0 Å². The molecule has 0 radical (unpaired) electrons. The van der Waals surface area contributed by atoms with Crippen LogP contribution in [0.4, 0.5) is 15.8 Å². The third kappa shape index (κ3) is 5.43. The quantitative estimate of drug-likeness (QED) is 0.361. The van der Waals surface area contributed by atoms with E-state index in [0.29, 0.717) is 22.7 Å². The van der Waals surface area contributed by atoms with Gasteiger partial charge in [-0.15, -0.1) is 0 Å². The Morgan fingerprint density at radius 3 is 2.71 bits per heavy atom. The highest BCUT2D eigenvalue weighted by atomic mass is 19.1. The molecule has 0 fully saturated rings. The van der Waals surface area contributed by atoms with Crippen molar-refractivity contribution in [1.82, 2.24) is 0 Å². The summed E-state index contributed by atoms with van der Waals surface area (Å²) in [5, 5.41) is 10.9. The van der Waals surface area contributed by atoms with Crippen molar-refractivity contribution in [2.75, 3.05) is 23.9 Å². The van der Waals surface area contributed by atoms with E-state index in [9.17, 15) is 9.18 Å². The van der Waals surface area contributed by atoms with E-state index in [0.717, 1.165) is 16.8 Å². The third-order valence-electron chi connectivity index (χ3n) is 5.59. The van der Waals surface area contributed by atoms with Crippen LogP contribution in [0.25, 0.3) is 0 Å². The van der Waals surface area contributed by atoms with Crippen LogP contribution in [0.2, 0.25) is 0 Å². The molecule has 2 atom stereocenters. The van der Waals surface area contributed by atoms with Crippen molar-refractivity contribution in [2.24, 2.45) is 0 Å². The van der Waals surface area contributed by atoms with Gasteiger partial charge in [-0.3, -0.25) is 4.79 Å². The maximum atomic E-state index is 13.3. The van der Waals surface area contributed by atoms with E-state index in [1.165, 1.54) is 31.6 Å². The lowest BCUT2D eigenvalue weighted by molar-refractivity contribution is -0.122. The summed E-state index contributed by atoms with van der Waals surface area (Å²) in [4.78, 5) is 14.5. The van der Waals surface area contributed by atoms with Crippen molar-refractivity contribution in [3.05, 3.63) is 89.4 Å². The molecule has 0 saturated carbocycles. The average Bonchev–Trinajstić information content (AvgIpc) is 3.08. The zero-order chi connectivity index (χ0) is 24.8. The monoisotopic (exact) mass is 463 g/mol. The van der Waals surface area contributed by atoms with Crippen molar-refractivity contribution in [3.63, 3.8) is 0 Å². The minimum Gasteiger partial charge on any atom is -0.483 e. The number of methoxy groups -OCH3 is 1. The first-order chi connectivity index (χ1) is 16.3. The van der Waals surface area contributed by atoms with Crippen molar-refractivity contribution in [1.29, 1.82) is 5.41 Å². The molecule has 0 spiro atoms. The van der Waals surface area contributed by atoms with Gasteiger partial charge in [0.05, 0.1) is 11.7 Å². The molecule has 1 aliphatic heterocycles. The number of ether oxygens (including phenoxy) is 2. The fraction of sp³-hybridized carbons (Fsp3) is 0.259. The van der Waals surface area contributed by atoms with Crippen molar-refractivity contribution in [2.45, 2.75) is 32.9 Å². The first-order valence-electron chi connectivity index (χ1n) is 11.0. The van der Waals surface area contributed by atoms with E-state index in [1.807, 2.05) is 32.0 Å². The number of halogens is 1. The van der Waals surface area contributed by atoms with E-state index in [2.05, 4.69) is 11.9 Å². The number of nitrogens with zero attached hydrogens (tertiary/aromatic N) is 1. The Hall–Kier alpha value is -3.71. The van der Waals surface area contributed by atoms with Gasteiger partial charge in [0.2, 0.25) is 0 Å². The molecule has 6 nitrogen and oxygen atoms in total. The predicted octanol–water partition coefficient (Wildman–Crippen LogP) is 5.85. The third-order valence-corrected chi connectivity index (χ3v) is 5.59. The van der Waals surface area contributed by atoms with Crippen LogP contribution >= 0.6 is 0 Å². The summed E-state index contributed by atoms with van der Waals surface area (Å²) in [6, 6.07) is 11.0. The maximum absolute atomic E-state index is 13.3. The summed E-state index contributed by atoms with van der Waals surface area (Å²) < 4.78 is 24.7. The first kappa shape index (κ1) is 24.9. The van der Waals surface area contributed by atoms with E-state index >= 15 is 0 Å². The summed E-state index contributed by atoms with van der Waals surface area (Å²) in [5.41, 5.74) is 4.50. The van der Waals surface area contributed by atoms with E-state index in [-0.39, 0.29) is 30.5 Å². The van der Waals surface area contributed by atoms with Crippen LogP contribution < -0.4 is 15.0 Å². The van der Waals surface area contributed by atoms with Crippen LogP contribution in [0.15, 0.2) is 72.7 Å². The van der Waals surface area contributed by atoms with Crippen molar-refractivity contribution in [3.8, 4) is 5.75 Å². The zero-order valence-electron chi connectivity index (χ0n) is 19.9. The van der Waals surface area contributed by atoms with Gasteiger partial charge in [-0.2, -0.15) is 0 Å². The first-order valence-corrected chi connectivity index (χ1v) is 11.0. The Balaban J connectivity index is 1.85. The number of fused-ring (bicyclic) bond motifs is 1. The Labute approximate surface area is 199 Å². The van der Waals surface area contributed by atoms with Gasteiger partial charge in [0, 0.05) is 35.8 Å². The predicted molar refractivity (Wildman–Crippen MR) is 134 cm³/mol. The lowest BCUT2D eigenvalue weighted by atomic mass is 10.1. The zero-order valence-corrected chi connectivity index (χ0v) is 19.9. The van der Waals surface area contributed by atoms with Gasteiger partial charge in [0.25, 0.3) is 5.91 Å². The number of rotatable bonds is 9. The number of nitrogens with one attached hydrogen (secondary N) is 2. The Kier molecular flexibility index (Phi) is 8.02. The summed E-state index contributed by atoms with van der Waals surface area (Å²) in [7, 11) is 1.50. The SMILES string of the molecule is C=C(/C=C\C(F)=C/C)Nc1ccc(O[C@@H]2c3ccc(C)cc3N(C(=O)COC)C2C)cc1C=N. The fourth-order valence-electron chi connectivity index (χ4n) is 3.92. The highest BCUT2D eigenvalue weighted by Crippen LogP contribution is 2.43. The Morgan fingerprint density at radius 2 is 2.03 bits per heavy atom. The maximum Gasteiger partial charge on any atom is 0.253 e. The molecule has 0 aliphatic carbocycles. The van der Waals surface area contributed by atoms with E-state index < -0.39 is 0 Å². The second kappa shape index (κ2) is 10.9. The lowest BCUT2D eigenvalue weighted by Crippen LogP contribution is -2.40. The smallest absolute Gasteiger partial charge is 0.253 e. The number of anilines is 2. The van der Waals surface area contributed by atoms with Crippen LogP contribution in [0, 0.1) is 12.3 Å². The molecule has 34 heavy (non-hydrogen) atoms. The summed E-state index contributed by atoms with van der Waals surface area (Å²) >= 11 is 0. The Bertz CT molecular complexity index is 1160. The molecule has 2 N–H and O–H groups in total. The number of benzene rings is 2. The molecule has 7 heteroatoms. The van der Waals surface area contributed by atoms with Crippen LogP contribution in [0.5, 0.6) is 5.75 Å². The van der Waals surface area contributed by atoms with Gasteiger partial charge >= 0.3 is 0 Å². The molecule has 2 aromatic rings. The highest BCUT2D eigenvalue weighted by molar-refractivity contribution is 5.97. The molecule has 1 amide bonds. The molecule has 1 aliphatic rings. The van der Waals surface area contributed by atoms with Crippen LogP contribution in [0.1, 0.15) is 36.6 Å². The summed E-state index contributed by atoms with van der Waals surface area (Å²) in [5.74, 6) is 0.0707. The lowest BCUT2D eigenvalue weighted by Gasteiger charge is -2.26. The number of hydrogen-bond acceptors (Lipinski definition) is 5. The summed E-state index contributed by atoms with van der Waals surface area (Å²) in [6.07, 6.45) is 5.02. The largest absolute Gasteiger partial charge is 0.483 e. The van der Waals surface area contributed by atoms with E-state index in [4.69, 9.17) is 14.9 Å². The molecular formula is C27H30FN3O3. The van der Waals surface area contributed by atoms with Gasteiger partial charge < -0.3 is 25.1 Å². The van der Waals surface area contributed by atoms with Crippen LogP contribution in [-0.4, -0.2) is 31.9 Å². The molecule has 1 unspecified atom stereocenters. The molecule has 0 aromatic heterocycles. The topological polar surface area (TPSA) is 74.7 Å². The standard InChI is InChI=1S/C27H30FN3O3/c1-6-21(28)9-8-18(3)30-24-12-10-22(14-20(24)15-29)34-27-19(4)31(26(32)16-33-5)25-13-17(2)7-11-23(25)27/h6-15,19,27,29-30H,3,16H2,1-2,4-5H3/b9-8-,21-6+,29-15?/t19?,27-/m0/s1. The molecule has 3 rings (SSSR count). The number of aryl methyl sites for hydroxylation is 1. The molecule has 1 heterocycles. The van der Waals surface area contributed by atoms with Gasteiger partial charge in [0.15, 0.2) is 0 Å². The van der Waals surface area contributed by atoms with Crippen molar-refractivity contribution >= 4 is 23.5 Å². The van der Waals surface area contributed by atoms with Crippen molar-refractivity contribution < 1.29 is 18.7 Å². The normalized spacial score (nSPS) is 17.6. The molecule has 0 bridgehead atoms. The molecule has 0 saturated heterocycles. The number of carbonyl (C=O) groups is 1. The number of amides is 1. The Morgan fingerprint density at radius 1 is 1.26 bits per heavy atom. The van der Waals surface area contributed by atoms with Gasteiger partial charge in [-0.1, -0.05) is 24.8 Å². The van der Waals surface area contributed by atoms with Crippen LogP contribution in [0.3, 0.4) is 0 Å². The molecule has 2 aromatic carbocycles. The van der Waals surface area contributed by atoms with Gasteiger partial charge in [-0.05, 0) is 62.8 Å². The second-order valence-corrected chi connectivity index (χ2v) is 8.09. The fourth-order valence-corrected chi connectivity index (χ4v) is 3.92. The summed E-state index contributed by atoms with van der Waals surface area (Å²) in [6.45, 7) is 9.40. The van der Waals surface area contributed by atoms with Crippen LogP contribution in [-0.2, 0) is 9.53 Å². The number of allylic oxidation sites excluding steroid dienone is 4.